The van der Waals surface area contributed by atoms with Crippen LogP contribution in [0.5, 0.6) is 0 Å². The van der Waals surface area contributed by atoms with Crippen LogP contribution in [0.25, 0.3) is 0 Å². The quantitative estimate of drug-likeness (QED) is 0.549. The van der Waals surface area contributed by atoms with Crippen LogP contribution in [0.15, 0.2) is 60.7 Å². The molecule has 0 aliphatic carbocycles. The van der Waals surface area contributed by atoms with Gasteiger partial charge >= 0.3 is 11.9 Å². The summed E-state index contributed by atoms with van der Waals surface area (Å²) in [4.78, 5) is 38.3. The Balaban J connectivity index is 2.00. The Morgan fingerprint density at radius 2 is 1.76 bits per heavy atom. The molecule has 7 heteroatoms. The Kier molecular flexibility index (Phi) is 9.01. The molecule has 1 aliphatic heterocycles. The molecule has 2 atom stereocenters. The summed E-state index contributed by atoms with van der Waals surface area (Å²) in [6.45, 7) is 1.43. The zero-order valence-electron chi connectivity index (χ0n) is 19.1. The minimum Gasteiger partial charge on any atom is -0.480 e. The topological polar surface area (TPSA) is 87.2 Å². The molecule has 0 spiro atoms. The number of hydrazine groups is 1. The second-order valence-corrected chi connectivity index (χ2v) is 8.19. The lowest BCUT2D eigenvalue weighted by Crippen LogP contribution is -2.57. The summed E-state index contributed by atoms with van der Waals surface area (Å²) in [5.74, 6) is -1.79. The van der Waals surface area contributed by atoms with Gasteiger partial charge in [0, 0.05) is 6.42 Å². The number of carboxylic acids is 1. The van der Waals surface area contributed by atoms with Gasteiger partial charge in [0.2, 0.25) is 5.91 Å². The molecule has 1 heterocycles. The van der Waals surface area contributed by atoms with Gasteiger partial charge in [-0.2, -0.15) is 5.01 Å². The molecule has 2 aromatic carbocycles. The number of ether oxygens (including phenoxy) is 1. The lowest BCUT2D eigenvalue weighted by molar-refractivity contribution is -0.178. The number of amides is 1. The van der Waals surface area contributed by atoms with Gasteiger partial charge in [0.25, 0.3) is 0 Å². The third-order valence-electron chi connectivity index (χ3n) is 5.90. The molecule has 2 aromatic rings. The van der Waals surface area contributed by atoms with Crippen LogP contribution in [-0.2, 0) is 25.5 Å². The summed E-state index contributed by atoms with van der Waals surface area (Å²) in [7, 11) is 0. The second-order valence-electron chi connectivity index (χ2n) is 8.19. The van der Waals surface area contributed by atoms with Crippen LogP contribution in [0.3, 0.4) is 0 Å². The fraction of sp³-hybridized carbons (Fsp3) is 0.423. The minimum absolute atomic E-state index is 0.170. The van der Waals surface area contributed by atoms with E-state index in [9.17, 15) is 19.5 Å². The maximum Gasteiger partial charge on any atom is 0.325 e. The van der Waals surface area contributed by atoms with Gasteiger partial charge in [-0.1, -0.05) is 67.1 Å². The van der Waals surface area contributed by atoms with Crippen LogP contribution in [0.2, 0.25) is 0 Å². The summed E-state index contributed by atoms with van der Waals surface area (Å²) < 4.78 is 5.34. The summed E-state index contributed by atoms with van der Waals surface area (Å²) in [5, 5.41) is 12.7. The van der Waals surface area contributed by atoms with E-state index in [1.165, 1.54) is 10.0 Å². The SMILES string of the molecule is CCOC(=O)C(CCc1ccccc1)N(CC(=O)O)N1C(=O)CCCCC1c1ccccc1. The maximum atomic E-state index is 13.3. The average Bonchev–Trinajstić information content (AvgIpc) is 3.01. The first-order valence-electron chi connectivity index (χ1n) is 11.6. The molecule has 1 aliphatic rings. The number of hydrogen-bond acceptors (Lipinski definition) is 5. The number of carboxylic acid groups (broad SMARTS) is 1. The number of esters is 1. The van der Waals surface area contributed by atoms with Crippen molar-refractivity contribution in [2.45, 2.75) is 57.5 Å². The molecule has 1 amide bonds. The smallest absolute Gasteiger partial charge is 0.325 e. The van der Waals surface area contributed by atoms with E-state index in [0.717, 1.165) is 24.0 Å². The van der Waals surface area contributed by atoms with Crippen molar-refractivity contribution in [3.05, 3.63) is 71.8 Å². The van der Waals surface area contributed by atoms with Gasteiger partial charge in [-0.15, -0.1) is 0 Å². The standard InChI is InChI=1S/C26H32N2O5/c1-2-33-26(32)23(18-17-20-11-5-3-6-12-20)27(19-25(30)31)28-22(15-9-10-16-24(28)29)21-13-7-4-8-14-21/h3-8,11-14,22-23H,2,9-10,15-19H2,1H3,(H,30,31). The normalized spacial score (nSPS) is 17.5. The van der Waals surface area contributed by atoms with Crippen molar-refractivity contribution < 1.29 is 24.2 Å². The van der Waals surface area contributed by atoms with E-state index in [1.54, 1.807) is 6.92 Å². The number of aliphatic carboxylic acids is 1. The van der Waals surface area contributed by atoms with Crippen molar-refractivity contribution >= 4 is 17.8 Å². The molecule has 1 saturated heterocycles. The molecular weight excluding hydrogens is 420 g/mol. The summed E-state index contributed by atoms with van der Waals surface area (Å²) in [6.07, 6.45) is 3.47. The van der Waals surface area contributed by atoms with E-state index in [2.05, 4.69) is 0 Å². The molecular formula is C26H32N2O5. The fourth-order valence-electron chi connectivity index (χ4n) is 4.38. The molecule has 0 saturated carbocycles. The van der Waals surface area contributed by atoms with Gasteiger partial charge in [0.05, 0.1) is 12.6 Å². The van der Waals surface area contributed by atoms with E-state index in [1.807, 2.05) is 60.7 Å². The van der Waals surface area contributed by atoms with Crippen LogP contribution >= 0.6 is 0 Å². The zero-order chi connectivity index (χ0) is 23.6. The number of carbonyl (C=O) groups is 3. The number of nitrogens with zero attached hydrogens (tertiary/aromatic N) is 2. The lowest BCUT2D eigenvalue weighted by Gasteiger charge is -2.42. The second kappa shape index (κ2) is 12.2. The molecule has 1 fully saturated rings. The van der Waals surface area contributed by atoms with Crippen molar-refractivity contribution in [3.63, 3.8) is 0 Å². The van der Waals surface area contributed by atoms with E-state index < -0.39 is 24.5 Å². The van der Waals surface area contributed by atoms with Gasteiger partial charge in [-0.3, -0.25) is 19.4 Å². The van der Waals surface area contributed by atoms with E-state index in [4.69, 9.17) is 4.74 Å². The van der Waals surface area contributed by atoms with Crippen LogP contribution in [-0.4, -0.2) is 52.2 Å². The highest BCUT2D eigenvalue weighted by atomic mass is 16.5. The first-order valence-corrected chi connectivity index (χ1v) is 11.6. The Bertz CT molecular complexity index is 919. The summed E-state index contributed by atoms with van der Waals surface area (Å²) in [6, 6.07) is 18.1. The Morgan fingerprint density at radius 3 is 2.39 bits per heavy atom. The summed E-state index contributed by atoms with van der Waals surface area (Å²) in [5.41, 5.74) is 1.96. The lowest BCUT2D eigenvalue weighted by atomic mass is 10.0. The van der Waals surface area contributed by atoms with Crippen LogP contribution in [0, 0.1) is 0 Å². The predicted molar refractivity (Wildman–Crippen MR) is 124 cm³/mol. The van der Waals surface area contributed by atoms with Gasteiger partial charge in [-0.05, 0) is 43.7 Å². The highest BCUT2D eigenvalue weighted by molar-refractivity contribution is 5.80. The van der Waals surface area contributed by atoms with Gasteiger partial charge < -0.3 is 9.84 Å². The largest absolute Gasteiger partial charge is 0.480 e. The molecule has 7 nitrogen and oxygen atoms in total. The van der Waals surface area contributed by atoms with Crippen molar-refractivity contribution in [2.75, 3.05) is 13.2 Å². The van der Waals surface area contributed by atoms with E-state index in [-0.39, 0.29) is 18.6 Å². The van der Waals surface area contributed by atoms with Gasteiger partial charge in [-0.25, -0.2) is 0 Å². The molecule has 2 unspecified atom stereocenters. The van der Waals surface area contributed by atoms with Crippen molar-refractivity contribution in [1.82, 2.24) is 10.0 Å². The first-order chi connectivity index (χ1) is 16.0. The summed E-state index contributed by atoms with van der Waals surface area (Å²) >= 11 is 0. The number of aryl methyl sites for hydroxylation is 1. The third kappa shape index (κ3) is 6.65. The average molecular weight is 453 g/mol. The molecule has 3 rings (SSSR count). The number of carbonyl (C=O) groups excluding carboxylic acids is 2. The molecule has 33 heavy (non-hydrogen) atoms. The minimum atomic E-state index is -1.10. The van der Waals surface area contributed by atoms with Crippen molar-refractivity contribution in [3.8, 4) is 0 Å². The number of hydrogen-bond donors (Lipinski definition) is 1. The van der Waals surface area contributed by atoms with Crippen LogP contribution in [0.1, 0.15) is 56.2 Å². The highest BCUT2D eigenvalue weighted by Gasteiger charge is 2.40. The molecule has 1 N–H and O–H groups in total. The first kappa shape index (κ1) is 24.5. The zero-order valence-corrected chi connectivity index (χ0v) is 19.1. The maximum absolute atomic E-state index is 13.3. The Labute approximate surface area is 194 Å². The van der Waals surface area contributed by atoms with Crippen LogP contribution in [0.4, 0.5) is 0 Å². The van der Waals surface area contributed by atoms with Gasteiger partial charge in [0.1, 0.15) is 12.6 Å². The van der Waals surface area contributed by atoms with Crippen LogP contribution < -0.4 is 0 Å². The van der Waals surface area contributed by atoms with Crippen molar-refractivity contribution in [2.24, 2.45) is 0 Å². The van der Waals surface area contributed by atoms with Crippen molar-refractivity contribution in [1.29, 1.82) is 0 Å². The Hall–Kier alpha value is -3.19. The highest BCUT2D eigenvalue weighted by Crippen LogP contribution is 2.33. The molecule has 0 bridgehead atoms. The number of benzene rings is 2. The molecule has 176 valence electrons. The molecule has 0 aromatic heterocycles. The predicted octanol–water partition coefficient (Wildman–Crippen LogP) is 4.00. The Morgan fingerprint density at radius 1 is 1.09 bits per heavy atom. The third-order valence-corrected chi connectivity index (χ3v) is 5.90. The fourth-order valence-corrected chi connectivity index (χ4v) is 4.38. The molecule has 0 radical (unpaired) electrons. The monoisotopic (exact) mass is 452 g/mol. The van der Waals surface area contributed by atoms with Gasteiger partial charge in [0.15, 0.2) is 0 Å². The number of rotatable bonds is 10. The van der Waals surface area contributed by atoms with E-state index in [0.29, 0.717) is 25.7 Å². The van der Waals surface area contributed by atoms with E-state index >= 15 is 0 Å².